The zero-order valence-electron chi connectivity index (χ0n) is 10.3. The topological polar surface area (TPSA) is 40.9 Å². The number of hydrogen-bond donors (Lipinski definition) is 0. The van der Waals surface area contributed by atoms with E-state index in [9.17, 15) is 4.79 Å². The Labute approximate surface area is 107 Å². The Kier molecular flexibility index (Phi) is 5.79. The smallest absolute Gasteiger partial charge is 0.172 e. The zero-order chi connectivity index (χ0) is 12.7. The number of nitriles is 1. The van der Waals surface area contributed by atoms with E-state index in [1.165, 1.54) is 0 Å². The van der Waals surface area contributed by atoms with Gasteiger partial charge >= 0.3 is 0 Å². The molecule has 1 aromatic rings. The molecule has 0 radical (unpaired) electrons. The molecule has 0 atom stereocenters. The first-order valence-electron chi connectivity index (χ1n) is 5.74. The van der Waals surface area contributed by atoms with Crippen molar-refractivity contribution >= 4 is 17.5 Å². The van der Waals surface area contributed by atoms with Gasteiger partial charge in [0.1, 0.15) is 0 Å². The first-order chi connectivity index (χ1) is 8.13. The number of benzene rings is 1. The van der Waals surface area contributed by atoms with Crippen molar-refractivity contribution in [1.29, 1.82) is 5.26 Å². The highest BCUT2D eigenvalue weighted by Crippen LogP contribution is 2.12. The average Bonchev–Trinajstić information content (AvgIpc) is 2.34. The summed E-state index contributed by atoms with van der Waals surface area (Å²) < 4.78 is 0. The molecule has 17 heavy (non-hydrogen) atoms. The minimum Gasteiger partial charge on any atom is -0.293 e. The van der Waals surface area contributed by atoms with Crippen molar-refractivity contribution in [2.24, 2.45) is 5.92 Å². The predicted molar refractivity (Wildman–Crippen MR) is 72.3 cm³/mol. The highest BCUT2D eigenvalue weighted by molar-refractivity contribution is 7.99. The van der Waals surface area contributed by atoms with Crippen molar-refractivity contribution in [3.05, 3.63) is 35.4 Å². The summed E-state index contributed by atoms with van der Waals surface area (Å²) in [6.07, 6.45) is 1.14. The fourth-order valence-electron chi connectivity index (χ4n) is 1.30. The lowest BCUT2D eigenvalue weighted by molar-refractivity contribution is 0.102. The molecule has 0 saturated heterocycles. The van der Waals surface area contributed by atoms with Crippen LogP contribution in [0.25, 0.3) is 0 Å². The first-order valence-corrected chi connectivity index (χ1v) is 6.90. The molecule has 1 aromatic carbocycles. The maximum Gasteiger partial charge on any atom is 0.172 e. The SMILES string of the molecule is CC(C)CCSCC(=O)c1ccc(C#N)cc1. The van der Waals surface area contributed by atoms with Crippen LogP contribution in [-0.4, -0.2) is 17.3 Å². The van der Waals surface area contributed by atoms with Crippen LogP contribution in [0, 0.1) is 17.2 Å². The van der Waals surface area contributed by atoms with Crippen LogP contribution in [0.3, 0.4) is 0 Å². The molecule has 90 valence electrons. The van der Waals surface area contributed by atoms with Crippen LogP contribution in [-0.2, 0) is 0 Å². The number of Topliss-reactive ketones (excluding diaryl/α,β-unsaturated/α-hetero) is 1. The summed E-state index contributed by atoms with van der Waals surface area (Å²) in [6, 6.07) is 8.87. The maximum atomic E-state index is 11.8. The Balaban J connectivity index is 2.39. The number of nitrogens with zero attached hydrogens (tertiary/aromatic N) is 1. The van der Waals surface area contributed by atoms with E-state index in [1.54, 1.807) is 36.0 Å². The van der Waals surface area contributed by atoms with Crippen LogP contribution < -0.4 is 0 Å². The van der Waals surface area contributed by atoms with Crippen molar-refractivity contribution in [1.82, 2.24) is 0 Å². The third kappa shape index (κ3) is 5.06. The second-order valence-corrected chi connectivity index (χ2v) is 5.45. The number of hydrogen-bond acceptors (Lipinski definition) is 3. The molecule has 3 heteroatoms. The summed E-state index contributed by atoms with van der Waals surface area (Å²) in [7, 11) is 0. The van der Waals surface area contributed by atoms with Gasteiger partial charge in [-0.05, 0) is 30.2 Å². The van der Waals surface area contributed by atoms with Crippen molar-refractivity contribution in [2.45, 2.75) is 20.3 Å². The van der Waals surface area contributed by atoms with Crippen molar-refractivity contribution in [3.63, 3.8) is 0 Å². The number of carbonyl (C=O) groups is 1. The molecule has 0 fully saturated rings. The fraction of sp³-hybridized carbons (Fsp3) is 0.429. The molecule has 0 bridgehead atoms. The molecule has 0 saturated carbocycles. The monoisotopic (exact) mass is 247 g/mol. The van der Waals surface area contributed by atoms with E-state index >= 15 is 0 Å². The molecule has 0 aliphatic carbocycles. The van der Waals surface area contributed by atoms with Gasteiger partial charge in [0.05, 0.1) is 17.4 Å². The molecule has 0 heterocycles. The highest BCUT2D eigenvalue weighted by atomic mass is 32.2. The van der Waals surface area contributed by atoms with Crippen molar-refractivity contribution < 1.29 is 4.79 Å². The van der Waals surface area contributed by atoms with Crippen LogP contribution in [0.15, 0.2) is 24.3 Å². The molecule has 0 aliphatic rings. The molecule has 0 aliphatic heterocycles. The van der Waals surface area contributed by atoms with E-state index in [0.717, 1.165) is 12.2 Å². The van der Waals surface area contributed by atoms with Gasteiger partial charge in [-0.3, -0.25) is 4.79 Å². The number of rotatable bonds is 6. The fourth-order valence-corrected chi connectivity index (χ4v) is 2.43. The quantitative estimate of drug-likeness (QED) is 0.570. The van der Waals surface area contributed by atoms with E-state index in [-0.39, 0.29) is 5.78 Å². The Morgan fingerprint density at radius 2 is 2.00 bits per heavy atom. The van der Waals surface area contributed by atoms with E-state index in [1.807, 2.05) is 6.07 Å². The first kappa shape index (κ1) is 13.8. The van der Waals surface area contributed by atoms with Crippen LogP contribution in [0.1, 0.15) is 36.2 Å². The van der Waals surface area contributed by atoms with Gasteiger partial charge in [0.15, 0.2) is 5.78 Å². The average molecular weight is 247 g/mol. The Hall–Kier alpha value is -1.27. The van der Waals surface area contributed by atoms with E-state index in [4.69, 9.17) is 5.26 Å². The third-order valence-corrected chi connectivity index (χ3v) is 3.40. The van der Waals surface area contributed by atoms with Gasteiger partial charge < -0.3 is 0 Å². The number of ketones is 1. The largest absolute Gasteiger partial charge is 0.293 e. The van der Waals surface area contributed by atoms with Crippen molar-refractivity contribution in [3.8, 4) is 6.07 Å². The lowest BCUT2D eigenvalue weighted by Crippen LogP contribution is -2.03. The van der Waals surface area contributed by atoms with Crippen LogP contribution >= 0.6 is 11.8 Å². The normalized spacial score (nSPS) is 10.2. The second-order valence-electron chi connectivity index (χ2n) is 4.35. The second kappa shape index (κ2) is 7.13. The summed E-state index contributed by atoms with van der Waals surface area (Å²) in [5.41, 5.74) is 1.29. The van der Waals surface area contributed by atoms with Crippen LogP contribution in [0.4, 0.5) is 0 Å². The van der Waals surface area contributed by atoms with E-state index in [2.05, 4.69) is 13.8 Å². The van der Waals surface area contributed by atoms with Gasteiger partial charge in [-0.15, -0.1) is 0 Å². The molecule has 0 amide bonds. The predicted octanol–water partition coefficient (Wildman–Crippen LogP) is 3.52. The molecule has 1 rings (SSSR count). The minimum absolute atomic E-state index is 0.142. The summed E-state index contributed by atoms with van der Waals surface area (Å²) >= 11 is 1.68. The van der Waals surface area contributed by atoms with Gasteiger partial charge in [0.2, 0.25) is 0 Å². The molecule has 0 N–H and O–H groups in total. The minimum atomic E-state index is 0.142. The zero-order valence-corrected chi connectivity index (χ0v) is 11.1. The molecule has 2 nitrogen and oxygen atoms in total. The maximum absolute atomic E-state index is 11.8. The Bertz CT molecular complexity index is 403. The summed E-state index contributed by atoms with van der Waals surface area (Å²) in [5.74, 6) is 2.38. The summed E-state index contributed by atoms with van der Waals surface area (Å²) in [5, 5.41) is 8.65. The van der Waals surface area contributed by atoms with Gasteiger partial charge in [-0.25, -0.2) is 0 Å². The van der Waals surface area contributed by atoms with Crippen LogP contribution in [0.2, 0.25) is 0 Å². The number of thioether (sulfide) groups is 1. The van der Waals surface area contributed by atoms with Crippen LogP contribution in [0.5, 0.6) is 0 Å². The summed E-state index contributed by atoms with van der Waals surface area (Å²) in [4.78, 5) is 11.8. The molecule has 0 spiro atoms. The van der Waals surface area contributed by atoms with E-state index < -0.39 is 0 Å². The standard InChI is InChI=1S/C14H17NOS/c1-11(2)7-8-17-10-14(16)13-5-3-12(9-15)4-6-13/h3-6,11H,7-8,10H2,1-2H3. The Morgan fingerprint density at radius 3 is 2.53 bits per heavy atom. The summed E-state index contributed by atoms with van der Waals surface area (Å²) in [6.45, 7) is 4.37. The van der Waals surface area contributed by atoms with Gasteiger partial charge in [0, 0.05) is 5.56 Å². The van der Waals surface area contributed by atoms with Crippen molar-refractivity contribution in [2.75, 3.05) is 11.5 Å². The number of carbonyl (C=O) groups excluding carboxylic acids is 1. The third-order valence-electron chi connectivity index (χ3n) is 2.41. The van der Waals surface area contributed by atoms with E-state index in [0.29, 0.717) is 22.8 Å². The molecular weight excluding hydrogens is 230 g/mol. The molecule has 0 aromatic heterocycles. The molecule has 0 unspecified atom stereocenters. The van der Waals surface area contributed by atoms with Gasteiger partial charge in [-0.1, -0.05) is 26.0 Å². The highest BCUT2D eigenvalue weighted by Gasteiger charge is 2.05. The molecular formula is C14H17NOS. The van der Waals surface area contributed by atoms with Gasteiger partial charge in [0.25, 0.3) is 0 Å². The Morgan fingerprint density at radius 1 is 1.35 bits per heavy atom. The van der Waals surface area contributed by atoms with Gasteiger partial charge in [-0.2, -0.15) is 17.0 Å². The lowest BCUT2D eigenvalue weighted by atomic mass is 10.1. The lowest BCUT2D eigenvalue weighted by Gasteiger charge is -2.04.